The van der Waals surface area contributed by atoms with E-state index in [-0.39, 0.29) is 42.2 Å². The summed E-state index contributed by atoms with van der Waals surface area (Å²) in [7, 11) is 1.76. The van der Waals surface area contributed by atoms with E-state index in [4.69, 9.17) is 4.74 Å². The van der Waals surface area contributed by atoms with Gasteiger partial charge >= 0.3 is 0 Å². The summed E-state index contributed by atoms with van der Waals surface area (Å²) >= 11 is 0. The predicted molar refractivity (Wildman–Crippen MR) is 123 cm³/mol. The number of fused-ring (bicyclic) bond motifs is 1. The van der Waals surface area contributed by atoms with Crippen LogP contribution < -0.4 is 4.74 Å². The topological polar surface area (TPSA) is 49.9 Å². The van der Waals surface area contributed by atoms with Crippen LogP contribution in [0.5, 0.6) is 5.75 Å². The zero-order valence-electron chi connectivity index (χ0n) is 19.6. The fourth-order valence-corrected chi connectivity index (χ4v) is 3.96. The Bertz CT molecular complexity index is 956. The predicted octanol–water partition coefficient (Wildman–Crippen LogP) is 4.59. The molecule has 1 atom stereocenters. The molecule has 0 saturated carbocycles. The number of likely N-dealkylation sites (N-methyl/N-ethyl adjacent to an activating group) is 1. The number of hydrogen-bond donors (Lipinski definition) is 0. The first-order chi connectivity index (χ1) is 15.2. The third-order valence-electron chi connectivity index (χ3n) is 5.96. The van der Waals surface area contributed by atoms with Crippen molar-refractivity contribution in [3.63, 3.8) is 0 Å². The van der Waals surface area contributed by atoms with Crippen LogP contribution in [-0.2, 0) is 16.0 Å². The minimum Gasteiger partial charge on any atom is -0.484 e. The summed E-state index contributed by atoms with van der Waals surface area (Å²) in [6, 6.07) is 11.9. The average Bonchev–Trinajstić information content (AvgIpc) is 2.76. The highest BCUT2D eigenvalue weighted by Crippen LogP contribution is 2.38. The van der Waals surface area contributed by atoms with Gasteiger partial charge in [0.15, 0.2) is 6.61 Å². The van der Waals surface area contributed by atoms with Gasteiger partial charge in [-0.3, -0.25) is 9.59 Å². The molecular weight excluding hydrogens is 407 g/mol. The first kappa shape index (κ1) is 23.8. The molecule has 0 N–H and O–H groups in total. The van der Waals surface area contributed by atoms with E-state index in [2.05, 4.69) is 0 Å². The molecule has 0 fully saturated rings. The van der Waals surface area contributed by atoms with Crippen molar-refractivity contribution in [3.05, 3.63) is 65.0 Å². The van der Waals surface area contributed by atoms with Gasteiger partial charge in [0.25, 0.3) is 5.91 Å². The van der Waals surface area contributed by atoms with Crippen LogP contribution in [0.2, 0.25) is 0 Å². The fraction of sp³-hybridized carbons (Fsp3) is 0.462. The molecule has 0 radical (unpaired) electrons. The van der Waals surface area contributed by atoms with Gasteiger partial charge in [0, 0.05) is 26.1 Å². The molecule has 0 bridgehead atoms. The van der Waals surface area contributed by atoms with Crippen LogP contribution in [0.3, 0.4) is 0 Å². The molecule has 0 aromatic heterocycles. The van der Waals surface area contributed by atoms with Crippen LogP contribution in [0.4, 0.5) is 4.39 Å². The summed E-state index contributed by atoms with van der Waals surface area (Å²) in [5.41, 5.74) is 2.95. The van der Waals surface area contributed by atoms with Crippen molar-refractivity contribution in [2.75, 3.05) is 20.2 Å². The molecule has 1 aliphatic heterocycles. The second-order valence-corrected chi connectivity index (χ2v) is 9.14. The first-order valence-electron chi connectivity index (χ1n) is 11.2. The molecule has 2 amide bonds. The maximum absolute atomic E-state index is 13.6. The molecule has 2 aromatic carbocycles. The molecular formula is C26H33FN2O3. The van der Waals surface area contributed by atoms with Crippen molar-refractivity contribution < 1.29 is 18.7 Å². The van der Waals surface area contributed by atoms with E-state index in [0.29, 0.717) is 18.7 Å². The molecule has 172 valence electrons. The number of nitrogens with zero attached hydrogens (tertiary/aromatic N) is 2. The summed E-state index contributed by atoms with van der Waals surface area (Å²) in [4.78, 5) is 28.9. The van der Waals surface area contributed by atoms with E-state index in [1.165, 1.54) is 12.1 Å². The number of carbonyl (C=O) groups is 2. The zero-order valence-corrected chi connectivity index (χ0v) is 19.6. The van der Waals surface area contributed by atoms with E-state index in [9.17, 15) is 14.0 Å². The number of rotatable bonds is 7. The molecule has 3 rings (SSSR count). The number of carbonyl (C=O) groups excluding carboxylic acids is 2. The van der Waals surface area contributed by atoms with Crippen molar-refractivity contribution in [1.29, 1.82) is 0 Å². The number of amides is 2. The number of benzene rings is 2. The van der Waals surface area contributed by atoms with Gasteiger partial charge in [0.2, 0.25) is 5.91 Å². The lowest BCUT2D eigenvalue weighted by Gasteiger charge is -2.38. The highest BCUT2D eigenvalue weighted by Gasteiger charge is 2.32. The fourth-order valence-electron chi connectivity index (χ4n) is 3.96. The van der Waals surface area contributed by atoms with Crippen LogP contribution in [0, 0.1) is 11.7 Å². The van der Waals surface area contributed by atoms with Crippen molar-refractivity contribution in [2.24, 2.45) is 5.92 Å². The van der Waals surface area contributed by atoms with Crippen molar-refractivity contribution in [3.8, 4) is 5.75 Å². The van der Waals surface area contributed by atoms with E-state index in [1.54, 1.807) is 24.1 Å². The largest absolute Gasteiger partial charge is 0.484 e. The lowest BCUT2D eigenvalue weighted by atomic mass is 9.87. The summed E-state index contributed by atoms with van der Waals surface area (Å²) in [6.07, 6.45) is 1.20. The number of halogens is 1. The van der Waals surface area contributed by atoms with Gasteiger partial charge in [-0.2, -0.15) is 0 Å². The monoisotopic (exact) mass is 440 g/mol. The van der Waals surface area contributed by atoms with Crippen LogP contribution in [0.1, 0.15) is 56.8 Å². The maximum Gasteiger partial charge on any atom is 0.260 e. The summed E-state index contributed by atoms with van der Waals surface area (Å²) in [5.74, 6) is 0.507. The second kappa shape index (κ2) is 10.2. The Hall–Kier alpha value is -2.89. The average molecular weight is 441 g/mol. The molecule has 0 saturated heterocycles. The third kappa shape index (κ3) is 5.47. The molecule has 6 heteroatoms. The molecule has 0 aliphatic carbocycles. The zero-order chi connectivity index (χ0) is 23.4. The van der Waals surface area contributed by atoms with Crippen molar-refractivity contribution >= 4 is 11.8 Å². The highest BCUT2D eigenvalue weighted by atomic mass is 19.1. The smallest absolute Gasteiger partial charge is 0.260 e. The molecule has 5 nitrogen and oxygen atoms in total. The van der Waals surface area contributed by atoms with Gasteiger partial charge in [-0.1, -0.05) is 32.0 Å². The quantitative estimate of drug-likeness (QED) is 0.633. The Morgan fingerprint density at radius 2 is 1.81 bits per heavy atom. The van der Waals surface area contributed by atoms with Gasteiger partial charge in [-0.15, -0.1) is 0 Å². The van der Waals surface area contributed by atoms with Crippen LogP contribution in [-0.4, -0.2) is 47.9 Å². The normalized spacial score (nSPS) is 15.6. The standard InChI is InChI=1S/C26H33FN2O3/c1-17(2)14-24(30)29-13-12-19-8-11-22(32-16-25(31)28(5)18(3)4)15-23(19)26(29)20-6-9-21(27)10-7-20/h6-11,15,17-18,26H,12-14,16H2,1-5H3. The Balaban J connectivity index is 1.92. The number of hydrogen-bond acceptors (Lipinski definition) is 3. The minimum atomic E-state index is -0.316. The lowest BCUT2D eigenvalue weighted by Crippen LogP contribution is -2.41. The van der Waals surface area contributed by atoms with Gasteiger partial charge < -0.3 is 14.5 Å². The Kier molecular flexibility index (Phi) is 7.54. The molecule has 0 spiro atoms. The van der Waals surface area contributed by atoms with E-state index < -0.39 is 0 Å². The van der Waals surface area contributed by atoms with Crippen molar-refractivity contribution in [1.82, 2.24) is 9.80 Å². The summed E-state index contributed by atoms with van der Waals surface area (Å²) in [5, 5.41) is 0. The van der Waals surface area contributed by atoms with Crippen LogP contribution >= 0.6 is 0 Å². The Labute approximate surface area is 190 Å². The van der Waals surface area contributed by atoms with E-state index in [1.807, 2.05) is 50.8 Å². The third-order valence-corrected chi connectivity index (χ3v) is 5.96. The molecule has 1 aliphatic rings. The number of ether oxygens (including phenoxy) is 1. The van der Waals surface area contributed by atoms with E-state index >= 15 is 0 Å². The molecule has 32 heavy (non-hydrogen) atoms. The van der Waals surface area contributed by atoms with Gasteiger partial charge in [0.05, 0.1) is 6.04 Å². The lowest BCUT2D eigenvalue weighted by molar-refractivity contribution is -0.134. The van der Waals surface area contributed by atoms with Crippen LogP contribution in [0.15, 0.2) is 42.5 Å². The molecule has 2 aromatic rings. The minimum absolute atomic E-state index is 0.0509. The maximum atomic E-state index is 13.6. The van der Waals surface area contributed by atoms with Gasteiger partial charge in [-0.25, -0.2) is 4.39 Å². The molecule has 1 heterocycles. The van der Waals surface area contributed by atoms with Gasteiger partial charge in [-0.05, 0) is 67.1 Å². The summed E-state index contributed by atoms with van der Waals surface area (Å²) in [6.45, 7) is 8.52. The molecule has 1 unspecified atom stereocenters. The second-order valence-electron chi connectivity index (χ2n) is 9.14. The Morgan fingerprint density at radius 3 is 2.44 bits per heavy atom. The summed E-state index contributed by atoms with van der Waals surface area (Å²) < 4.78 is 19.4. The van der Waals surface area contributed by atoms with Crippen molar-refractivity contribution in [2.45, 2.75) is 52.6 Å². The first-order valence-corrected chi connectivity index (χ1v) is 11.2. The van der Waals surface area contributed by atoms with Crippen LogP contribution in [0.25, 0.3) is 0 Å². The Morgan fingerprint density at radius 1 is 1.12 bits per heavy atom. The SMILES string of the molecule is CC(C)CC(=O)N1CCc2ccc(OCC(=O)N(C)C(C)C)cc2C1c1ccc(F)cc1. The van der Waals surface area contributed by atoms with Gasteiger partial charge in [0.1, 0.15) is 11.6 Å². The van der Waals surface area contributed by atoms with E-state index in [0.717, 1.165) is 23.1 Å². The highest BCUT2D eigenvalue weighted by molar-refractivity contribution is 5.78.